The highest BCUT2D eigenvalue weighted by atomic mass is 19.1. The molecule has 2 aromatic carbocycles. The van der Waals surface area contributed by atoms with Crippen molar-refractivity contribution in [1.82, 2.24) is 20.6 Å². The van der Waals surface area contributed by atoms with Gasteiger partial charge in [0.2, 0.25) is 0 Å². The lowest BCUT2D eigenvalue weighted by atomic mass is 10.2. The number of amides is 2. The molecule has 1 unspecified atom stereocenters. The third-order valence-electron chi connectivity index (χ3n) is 4.26. The predicted octanol–water partition coefficient (Wildman–Crippen LogP) is 2.80. The van der Waals surface area contributed by atoms with Gasteiger partial charge in [-0.25, -0.2) is 9.07 Å². The van der Waals surface area contributed by atoms with Crippen molar-refractivity contribution < 1.29 is 18.7 Å². The first-order valence-corrected chi connectivity index (χ1v) is 9.15. The SMILES string of the molecule is CCc1c(C(=O)NNC(=O)C(C)Oc2ccccc2F)cnn1-c1ccccc1. The average Bonchev–Trinajstić information content (AvgIpc) is 3.18. The molecule has 2 N–H and O–H groups in total. The standard InChI is InChI=1S/C21H21FN4O3/c1-3-18-16(13-23-26(18)15-9-5-4-6-10-15)21(28)25-24-20(27)14(2)29-19-12-8-7-11-17(19)22/h4-14H,3H2,1-2H3,(H,24,27)(H,25,28). The normalized spacial score (nSPS) is 11.6. The van der Waals surface area contributed by atoms with E-state index in [1.54, 1.807) is 10.7 Å². The van der Waals surface area contributed by atoms with Crippen molar-refractivity contribution in [2.45, 2.75) is 26.4 Å². The van der Waals surface area contributed by atoms with Crippen LogP contribution in [0.3, 0.4) is 0 Å². The molecule has 29 heavy (non-hydrogen) atoms. The Bertz CT molecular complexity index is 1000. The summed E-state index contributed by atoms with van der Waals surface area (Å²) >= 11 is 0. The number of carbonyl (C=O) groups is 2. The van der Waals surface area contributed by atoms with E-state index in [0.29, 0.717) is 17.7 Å². The zero-order valence-electron chi connectivity index (χ0n) is 16.1. The highest BCUT2D eigenvalue weighted by Gasteiger charge is 2.20. The molecule has 2 amide bonds. The molecule has 0 radical (unpaired) electrons. The molecule has 0 saturated carbocycles. The van der Waals surface area contributed by atoms with Gasteiger partial charge in [0.05, 0.1) is 23.1 Å². The molecular formula is C21H21FN4O3. The van der Waals surface area contributed by atoms with Crippen molar-refractivity contribution in [3.05, 3.63) is 77.9 Å². The predicted molar refractivity (Wildman–Crippen MR) is 105 cm³/mol. The molecule has 0 aliphatic rings. The van der Waals surface area contributed by atoms with Crippen LogP contribution in [0.25, 0.3) is 5.69 Å². The lowest BCUT2D eigenvalue weighted by Gasteiger charge is -2.15. The first-order valence-electron chi connectivity index (χ1n) is 9.15. The molecule has 3 aromatic rings. The van der Waals surface area contributed by atoms with Crippen LogP contribution in [-0.2, 0) is 11.2 Å². The van der Waals surface area contributed by atoms with Gasteiger partial charge in [-0.1, -0.05) is 37.3 Å². The molecule has 0 aliphatic carbocycles. The maximum atomic E-state index is 13.6. The van der Waals surface area contributed by atoms with E-state index in [4.69, 9.17) is 4.74 Å². The van der Waals surface area contributed by atoms with E-state index < -0.39 is 23.7 Å². The van der Waals surface area contributed by atoms with E-state index in [-0.39, 0.29) is 5.75 Å². The van der Waals surface area contributed by atoms with Gasteiger partial charge in [0.15, 0.2) is 17.7 Å². The van der Waals surface area contributed by atoms with Crippen molar-refractivity contribution in [1.29, 1.82) is 0 Å². The molecule has 150 valence electrons. The number of rotatable bonds is 6. The molecule has 0 bridgehead atoms. The van der Waals surface area contributed by atoms with Gasteiger partial charge in [-0.3, -0.25) is 20.4 Å². The topological polar surface area (TPSA) is 85.2 Å². The van der Waals surface area contributed by atoms with Crippen LogP contribution in [0.4, 0.5) is 4.39 Å². The number of halogens is 1. The number of carbonyl (C=O) groups excluding carboxylic acids is 2. The molecule has 0 aliphatic heterocycles. The molecule has 8 heteroatoms. The molecule has 3 rings (SSSR count). The van der Waals surface area contributed by atoms with Gasteiger partial charge < -0.3 is 4.74 Å². The van der Waals surface area contributed by atoms with Crippen LogP contribution in [0.15, 0.2) is 60.8 Å². The van der Waals surface area contributed by atoms with Gasteiger partial charge in [-0.05, 0) is 37.6 Å². The number of hydrogen-bond donors (Lipinski definition) is 2. The van der Waals surface area contributed by atoms with E-state index in [1.165, 1.54) is 31.3 Å². The van der Waals surface area contributed by atoms with Crippen LogP contribution in [0.2, 0.25) is 0 Å². The van der Waals surface area contributed by atoms with Gasteiger partial charge in [0.25, 0.3) is 11.8 Å². The van der Waals surface area contributed by atoms with Crippen molar-refractivity contribution in [3.63, 3.8) is 0 Å². The summed E-state index contributed by atoms with van der Waals surface area (Å²) in [6.07, 6.45) is 1.01. The smallest absolute Gasteiger partial charge is 0.279 e. The highest BCUT2D eigenvalue weighted by molar-refractivity contribution is 5.96. The van der Waals surface area contributed by atoms with Gasteiger partial charge >= 0.3 is 0 Å². The second-order valence-corrected chi connectivity index (χ2v) is 6.24. The largest absolute Gasteiger partial charge is 0.478 e. The number of para-hydroxylation sites is 2. The van der Waals surface area contributed by atoms with E-state index >= 15 is 0 Å². The van der Waals surface area contributed by atoms with E-state index in [9.17, 15) is 14.0 Å². The quantitative estimate of drug-likeness (QED) is 0.628. The first kappa shape index (κ1) is 20.1. The molecular weight excluding hydrogens is 375 g/mol. The van der Waals surface area contributed by atoms with Gasteiger partial charge in [-0.15, -0.1) is 0 Å². The second-order valence-electron chi connectivity index (χ2n) is 6.24. The van der Waals surface area contributed by atoms with Crippen LogP contribution in [0, 0.1) is 5.82 Å². The average molecular weight is 396 g/mol. The van der Waals surface area contributed by atoms with E-state index in [0.717, 1.165) is 5.69 Å². The minimum absolute atomic E-state index is 0.0427. The number of benzene rings is 2. The maximum Gasteiger partial charge on any atom is 0.279 e. The van der Waals surface area contributed by atoms with Crippen molar-refractivity contribution in [3.8, 4) is 11.4 Å². The molecule has 1 aromatic heterocycles. The van der Waals surface area contributed by atoms with Gasteiger partial charge in [0, 0.05) is 0 Å². The van der Waals surface area contributed by atoms with E-state index in [1.807, 2.05) is 37.3 Å². The number of aromatic nitrogens is 2. The molecule has 0 saturated heterocycles. The van der Waals surface area contributed by atoms with Crippen LogP contribution in [-0.4, -0.2) is 27.7 Å². The Labute approximate surface area is 167 Å². The summed E-state index contributed by atoms with van der Waals surface area (Å²) in [5, 5.41) is 4.28. The fourth-order valence-electron chi connectivity index (χ4n) is 2.77. The zero-order valence-corrected chi connectivity index (χ0v) is 16.1. The summed E-state index contributed by atoms with van der Waals surface area (Å²) in [5.41, 5.74) is 6.54. The van der Waals surface area contributed by atoms with Crippen LogP contribution in [0.5, 0.6) is 5.75 Å². The van der Waals surface area contributed by atoms with Crippen molar-refractivity contribution >= 4 is 11.8 Å². The molecule has 7 nitrogen and oxygen atoms in total. The molecule has 1 heterocycles. The first-order chi connectivity index (χ1) is 14.0. The molecule has 1 atom stereocenters. The number of hydrazine groups is 1. The molecule has 0 fully saturated rings. The Morgan fingerprint density at radius 3 is 2.48 bits per heavy atom. The third-order valence-corrected chi connectivity index (χ3v) is 4.26. The summed E-state index contributed by atoms with van der Waals surface area (Å²) < 4.78 is 20.6. The summed E-state index contributed by atoms with van der Waals surface area (Å²) in [6.45, 7) is 3.37. The third kappa shape index (κ3) is 4.60. The summed E-state index contributed by atoms with van der Waals surface area (Å²) in [7, 11) is 0. The maximum absolute atomic E-state index is 13.6. The number of nitrogens with zero attached hydrogens (tertiary/aromatic N) is 2. The minimum atomic E-state index is -1.01. The number of ether oxygens (including phenoxy) is 1. The molecule has 0 spiro atoms. The Hall–Kier alpha value is -3.68. The Morgan fingerprint density at radius 1 is 1.10 bits per heavy atom. The lowest BCUT2D eigenvalue weighted by molar-refractivity contribution is -0.128. The highest BCUT2D eigenvalue weighted by Crippen LogP contribution is 2.17. The summed E-state index contributed by atoms with van der Waals surface area (Å²) in [4.78, 5) is 24.7. The van der Waals surface area contributed by atoms with Crippen LogP contribution in [0.1, 0.15) is 29.9 Å². The Balaban J connectivity index is 1.64. The fourth-order valence-corrected chi connectivity index (χ4v) is 2.77. The van der Waals surface area contributed by atoms with Gasteiger partial charge in [-0.2, -0.15) is 5.10 Å². The monoisotopic (exact) mass is 396 g/mol. The van der Waals surface area contributed by atoms with Crippen molar-refractivity contribution in [2.75, 3.05) is 0 Å². The lowest BCUT2D eigenvalue weighted by Crippen LogP contribution is -2.47. The Kier molecular flexibility index (Phi) is 6.23. The fraction of sp³-hybridized carbons (Fsp3) is 0.190. The summed E-state index contributed by atoms with van der Waals surface area (Å²) in [6, 6.07) is 15.2. The minimum Gasteiger partial charge on any atom is -0.478 e. The number of hydrogen-bond acceptors (Lipinski definition) is 4. The number of nitrogens with one attached hydrogen (secondary N) is 2. The summed E-state index contributed by atoms with van der Waals surface area (Å²) in [5.74, 6) is -1.73. The second kappa shape index (κ2) is 9.01. The Morgan fingerprint density at radius 2 is 1.79 bits per heavy atom. The van der Waals surface area contributed by atoms with Crippen LogP contribution < -0.4 is 15.6 Å². The van der Waals surface area contributed by atoms with Crippen LogP contribution >= 0.6 is 0 Å². The van der Waals surface area contributed by atoms with Crippen molar-refractivity contribution in [2.24, 2.45) is 0 Å². The zero-order chi connectivity index (χ0) is 20.8. The van der Waals surface area contributed by atoms with Gasteiger partial charge in [0.1, 0.15) is 0 Å². The van der Waals surface area contributed by atoms with E-state index in [2.05, 4.69) is 16.0 Å².